The number of nitrogens with zero attached hydrogens (tertiary/aromatic N) is 3. The largest absolute Gasteiger partial charge is 0.504 e. The number of likely N-dealkylation sites (N-methyl/N-ethyl adjacent to an activating group) is 1. The Morgan fingerprint density at radius 3 is 2.49 bits per heavy atom. The molecule has 1 amide bonds. The summed E-state index contributed by atoms with van der Waals surface area (Å²) in [4.78, 5) is 45.6. The Bertz CT molecular complexity index is 1850. The molecule has 1 unspecified atom stereocenters. The fraction of sp³-hybridized carbons (Fsp3) is 0.417. The normalized spacial score (nSPS) is 25.4. The van der Waals surface area contributed by atoms with Crippen LogP contribution < -0.4 is 20.7 Å². The number of rotatable bonds is 7. The molecule has 0 spiro atoms. The molecule has 1 fully saturated rings. The number of para-hydroxylation sites is 1. The predicted molar refractivity (Wildman–Crippen MR) is 186 cm³/mol. The minimum absolute atomic E-state index is 0.0246. The summed E-state index contributed by atoms with van der Waals surface area (Å²) in [5, 5.41) is 31.6. The minimum atomic E-state index is -0.839. The number of amides is 1. The van der Waals surface area contributed by atoms with E-state index in [9.17, 15) is 24.8 Å². The van der Waals surface area contributed by atoms with Gasteiger partial charge in [-0.15, -0.1) is 0 Å². The Kier molecular flexibility index (Phi) is 9.23. The molecule has 256 valence electrons. The van der Waals surface area contributed by atoms with Crippen molar-refractivity contribution in [2.24, 2.45) is 0 Å². The lowest BCUT2D eigenvalue weighted by molar-refractivity contribution is -0.125. The van der Waals surface area contributed by atoms with Crippen LogP contribution in [0.15, 0.2) is 58.9 Å². The van der Waals surface area contributed by atoms with E-state index in [1.165, 1.54) is 14.2 Å². The number of fused-ring (bicyclic) bond motifs is 6. The fourth-order valence-corrected chi connectivity index (χ4v) is 8.41. The van der Waals surface area contributed by atoms with Gasteiger partial charge < -0.3 is 30.5 Å². The number of ketones is 2. The number of ether oxygens (including phenoxy) is 2. The van der Waals surface area contributed by atoms with Crippen molar-refractivity contribution in [3.05, 3.63) is 75.6 Å². The summed E-state index contributed by atoms with van der Waals surface area (Å²) in [6, 6.07) is 10.3. The molecular weight excluding hydrogens is 644 g/mol. The van der Waals surface area contributed by atoms with Gasteiger partial charge in [-0.2, -0.15) is 5.26 Å². The van der Waals surface area contributed by atoms with Gasteiger partial charge in [0.25, 0.3) is 0 Å². The second-order valence-electron chi connectivity index (χ2n) is 13.0. The van der Waals surface area contributed by atoms with Gasteiger partial charge in [0.1, 0.15) is 12.1 Å². The number of aryl methyl sites for hydroxylation is 1. The molecular formula is C36H40N6O6S. The van der Waals surface area contributed by atoms with Crippen LogP contribution in [0.25, 0.3) is 0 Å². The van der Waals surface area contributed by atoms with Crippen molar-refractivity contribution in [1.82, 2.24) is 20.4 Å². The molecule has 1 aliphatic carbocycles. The highest BCUT2D eigenvalue weighted by Crippen LogP contribution is 2.53. The summed E-state index contributed by atoms with van der Waals surface area (Å²) in [6.45, 7) is 5.04. The number of phenolic OH excluding ortho intramolecular Hbond substituents is 1. The quantitative estimate of drug-likeness (QED) is 0.250. The first-order valence-corrected chi connectivity index (χ1v) is 16.6. The number of carbonyl (C=O) groups is 3. The van der Waals surface area contributed by atoms with Crippen molar-refractivity contribution in [3.63, 3.8) is 0 Å². The standard InChI is InChI=1S/C36H40N6O6S/c1-17-12-20-13-23-25(15-37)42-24(29(41(23)4)27(20)31(44)33(17)47-5)14-22-28(32(45)34(48-6)18(2)30(22)43)26(42)16-38-35(46)19(3)39-36(49)40-21-10-8-7-9-11-21/h7-12,19,23-26,29,44H,13-14,16H2,1-6H3,(H,38,46)(H2,39,40,49)/t19-,23+,24?,25+,26+,29+/m1/s1. The highest BCUT2D eigenvalue weighted by Gasteiger charge is 2.57. The van der Waals surface area contributed by atoms with Gasteiger partial charge in [0.15, 0.2) is 28.2 Å². The number of thiocarbonyl (C=S) groups is 1. The van der Waals surface area contributed by atoms with Gasteiger partial charge in [-0.3, -0.25) is 24.2 Å². The smallest absolute Gasteiger partial charge is 0.242 e. The zero-order chi connectivity index (χ0) is 35.3. The molecule has 0 radical (unpaired) electrons. The van der Waals surface area contributed by atoms with Gasteiger partial charge in [-0.05, 0) is 76.1 Å². The monoisotopic (exact) mass is 684 g/mol. The van der Waals surface area contributed by atoms with Gasteiger partial charge in [0.05, 0.1) is 32.4 Å². The molecule has 4 aliphatic rings. The summed E-state index contributed by atoms with van der Waals surface area (Å²) in [7, 11) is 4.79. The number of allylic oxidation sites excluding steroid dienone is 2. The predicted octanol–water partition coefficient (Wildman–Crippen LogP) is 2.82. The van der Waals surface area contributed by atoms with E-state index in [0.29, 0.717) is 23.3 Å². The number of Topliss-reactive ketones (excluding diaryl/α,β-unsaturated/α-hetero) is 2. The van der Waals surface area contributed by atoms with E-state index in [1.807, 2.05) is 55.3 Å². The van der Waals surface area contributed by atoms with E-state index in [4.69, 9.17) is 21.7 Å². The molecule has 2 bridgehead atoms. The number of nitrogens with one attached hydrogen (secondary N) is 3. The van der Waals surface area contributed by atoms with Crippen LogP contribution in [0.3, 0.4) is 0 Å². The molecule has 2 aromatic rings. The van der Waals surface area contributed by atoms with E-state index in [2.05, 4.69) is 26.9 Å². The lowest BCUT2D eigenvalue weighted by Crippen LogP contribution is -2.71. The molecule has 3 aliphatic heterocycles. The molecule has 0 saturated carbocycles. The molecule has 0 aromatic heterocycles. The van der Waals surface area contributed by atoms with Crippen LogP contribution in [0.2, 0.25) is 0 Å². The van der Waals surface area contributed by atoms with Gasteiger partial charge in [0, 0.05) is 46.6 Å². The number of phenols is 1. The molecule has 12 nitrogen and oxygen atoms in total. The third kappa shape index (κ3) is 5.63. The van der Waals surface area contributed by atoms with Crippen LogP contribution >= 0.6 is 12.2 Å². The van der Waals surface area contributed by atoms with E-state index in [-0.39, 0.29) is 58.5 Å². The van der Waals surface area contributed by atoms with Crippen LogP contribution in [0.4, 0.5) is 5.69 Å². The van der Waals surface area contributed by atoms with Gasteiger partial charge in [-0.1, -0.05) is 24.3 Å². The van der Waals surface area contributed by atoms with Crippen molar-refractivity contribution in [1.29, 1.82) is 5.26 Å². The van der Waals surface area contributed by atoms with Crippen molar-refractivity contribution < 1.29 is 29.0 Å². The summed E-state index contributed by atoms with van der Waals surface area (Å²) in [5.41, 5.74) is 3.90. The maximum atomic E-state index is 14.1. The van der Waals surface area contributed by atoms with Crippen LogP contribution in [0.5, 0.6) is 11.5 Å². The third-order valence-electron chi connectivity index (χ3n) is 10.3. The number of hydrogen-bond donors (Lipinski definition) is 4. The summed E-state index contributed by atoms with van der Waals surface area (Å²) in [5.74, 6) is -0.787. The van der Waals surface area contributed by atoms with Gasteiger partial charge in [0.2, 0.25) is 11.7 Å². The second kappa shape index (κ2) is 13.3. The van der Waals surface area contributed by atoms with Crippen LogP contribution in [0.1, 0.15) is 43.0 Å². The molecule has 49 heavy (non-hydrogen) atoms. The first-order valence-electron chi connectivity index (χ1n) is 16.2. The third-order valence-corrected chi connectivity index (χ3v) is 10.5. The summed E-state index contributed by atoms with van der Waals surface area (Å²) in [6.07, 6.45) is 0.625. The molecule has 13 heteroatoms. The Labute approximate surface area is 290 Å². The Balaban J connectivity index is 1.38. The molecule has 2 aromatic carbocycles. The molecule has 4 N–H and O–H groups in total. The number of nitriles is 1. The average Bonchev–Trinajstić information content (AvgIpc) is 3.07. The zero-order valence-electron chi connectivity index (χ0n) is 28.3. The van der Waals surface area contributed by atoms with Crippen molar-refractivity contribution in [2.75, 3.05) is 33.1 Å². The number of hydrogen-bond acceptors (Lipinski definition) is 10. The zero-order valence-corrected chi connectivity index (χ0v) is 29.1. The molecule has 1 saturated heterocycles. The first kappa shape index (κ1) is 34.1. The van der Waals surface area contributed by atoms with E-state index in [0.717, 1.165) is 16.8 Å². The lowest BCUT2D eigenvalue weighted by Gasteiger charge is -2.60. The van der Waals surface area contributed by atoms with E-state index < -0.39 is 36.0 Å². The Morgan fingerprint density at radius 2 is 1.84 bits per heavy atom. The Hall–Kier alpha value is -4.77. The van der Waals surface area contributed by atoms with Gasteiger partial charge in [-0.25, -0.2) is 0 Å². The molecule has 3 heterocycles. The second-order valence-corrected chi connectivity index (χ2v) is 13.4. The van der Waals surface area contributed by atoms with Crippen LogP contribution in [-0.4, -0.2) is 95.5 Å². The lowest BCUT2D eigenvalue weighted by atomic mass is 9.69. The minimum Gasteiger partial charge on any atom is -0.504 e. The number of benzene rings is 2. The maximum absolute atomic E-state index is 14.1. The summed E-state index contributed by atoms with van der Waals surface area (Å²) < 4.78 is 11.0. The number of carbonyl (C=O) groups excluding carboxylic acids is 3. The van der Waals surface area contributed by atoms with E-state index >= 15 is 0 Å². The average molecular weight is 685 g/mol. The number of aromatic hydroxyl groups is 1. The van der Waals surface area contributed by atoms with Crippen molar-refractivity contribution >= 4 is 40.5 Å². The highest BCUT2D eigenvalue weighted by atomic mass is 32.1. The van der Waals surface area contributed by atoms with Crippen LogP contribution in [-0.2, 0) is 25.5 Å². The SMILES string of the molecule is COC1=C(C)C(=O)C2=C(C1=O)[C@H](CNC(=O)[C@@H](C)NC(=S)Nc1ccccc1)N1C(C2)[C@H]2c3c(cc(C)c(OC)c3O)C[C@@H]([C@@H]1C#N)N2C. The van der Waals surface area contributed by atoms with E-state index in [1.54, 1.807) is 13.8 Å². The Morgan fingerprint density at radius 1 is 1.12 bits per heavy atom. The van der Waals surface area contributed by atoms with Gasteiger partial charge >= 0.3 is 0 Å². The highest BCUT2D eigenvalue weighted by molar-refractivity contribution is 7.80. The molecule has 6 rings (SSSR count). The first-order chi connectivity index (χ1) is 23.4. The van der Waals surface area contributed by atoms with Crippen molar-refractivity contribution in [3.8, 4) is 17.6 Å². The maximum Gasteiger partial charge on any atom is 0.242 e. The number of piperazine rings is 1. The number of methoxy groups -OCH3 is 2. The number of anilines is 1. The molecule has 6 atom stereocenters. The fourth-order valence-electron chi connectivity index (χ4n) is 8.11. The summed E-state index contributed by atoms with van der Waals surface area (Å²) >= 11 is 5.43. The van der Waals surface area contributed by atoms with Crippen LogP contribution in [0, 0.1) is 18.3 Å². The van der Waals surface area contributed by atoms with Crippen molar-refractivity contribution in [2.45, 2.75) is 69.9 Å². The topological polar surface area (TPSA) is 156 Å².